The van der Waals surface area contributed by atoms with Crippen LogP contribution in [0.5, 0.6) is 5.75 Å². The Bertz CT molecular complexity index is 571. The van der Waals surface area contributed by atoms with Crippen LogP contribution in [0.2, 0.25) is 0 Å². The molecule has 1 aromatic carbocycles. The SMILES string of the molecule is CN(CCO)CCCl.O=[N+]([O-])c1cc([N+](=O)[O-])c(O)c([N+](=O)[O-])c1. The Morgan fingerprint density at radius 2 is 1.50 bits per heavy atom. The second-order valence-corrected chi connectivity index (χ2v) is 4.70. The number of likely N-dealkylation sites (N-methyl/N-ethyl adjacent to an activating group) is 1. The molecule has 1 aromatic rings. The molecule has 0 fully saturated rings. The first-order chi connectivity index (χ1) is 11.1. The number of nitro benzene ring substituents is 3. The number of nitrogens with zero attached hydrogens (tertiary/aromatic N) is 4. The minimum atomic E-state index is -1.21. The smallest absolute Gasteiger partial charge is 0.324 e. The van der Waals surface area contributed by atoms with Gasteiger partial charge in [0.1, 0.15) is 0 Å². The Morgan fingerprint density at radius 1 is 1.04 bits per heavy atom. The van der Waals surface area contributed by atoms with Crippen LogP contribution in [0.3, 0.4) is 0 Å². The van der Waals surface area contributed by atoms with Crippen molar-refractivity contribution in [2.45, 2.75) is 0 Å². The number of phenolic OH excluding ortho intramolecular Hbond substituents is 1. The average molecular weight is 367 g/mol. The molecule has 0 saturated heterocycles. The molecule has 0 aliphatic heterocycles. The van der Waals surface area contributed by atoms with Crippen molar-refractivity contribution in [3.8, 4) is 5.75 Å². The quantitative estimate of drug-likeness (QED) is 0.409. The number of halogens is 1. The standard InChI is InChI=1S/C6H3N3O7.C5H12ClNO/c10-6-4(8(13)14)1-3(7(11)12)2-5(6)9(15)16;1-7(3-2-6)4-5-8/h1-2,10H;8H,2-5H2,1H3. The zero-order valence-corrected chi connectivity index (χ0v) is 13.2. The molecule has 0 aliphatic carbocycles. The molecule has 24 heavy (non-hydrogen) atoms. The van der Waals surface area contributed by atoms with Crippen molar-refractivity contribution in [1.29, 1.82) is 0 Å². The maximum absolute atomic E-state index is 10.4. The van der Waals surface area contributed by atoms with E-state index in [0.717, 1.165) is 6.54 Å². The molecule has 0 amide bonds. The van der Waals surface area contributed by atoms with E-state index in [-0.39, 0.29) is 6.61 Å². The van der Waals surface area contributed by atoms with Crippen molar-refractivity contribution in [3.63, 3.8) is 0 Å². The largest absolute Gasteiger partial charge is 0.497 e. The highest BCUT2D eigenvalue weighted by Gasteiger charge is 2.30. The van der Waals surface area contributed by atoms with Gasteiger partial charge in [0.2, 0.25) is 0 Å². The van der Waals surface area contributed by atoms with Gasteiger partial charge in [0.25, 0.3) is 11.4 Å². The van der Waals surface area contributed by atoms with Crippen LogP contribution in [0, 0.1) is 30.3 Å². The van der Waals surface area contributed by atoms with E-state index in [4.69, 9.17) is 21.8 Å². The van der Waals surface area contributed by atoms with Crippen molar-refractivity contribution in [3.05, 3.63) is 42.5 Å². The lowest BCUT2D eigenvalue weighted by molar-refractivity contribution is -0.404. The van der Waals surface area contributed by atoms with Crippen LogP contribution in [0.1, 0.15) is 0 Å². The number of aliphatic hydroxyl groups is 1. The second-order valence-electron chi connectivity index (χ2n) is 4.32. The van der Waals surface area contributed by atoms with Crippen LogP contribution >= 0.6 is 11.6 Å². The fraction of sp³-hybridized carbons (Fsp3) is 0.455. The van der Waals surface area contributed by atoms with E-state index in [9.17, 15) is 30.3 Å². The van der Waals surface area contributed by atoms with E-state index in [1.54, 1.807) is 0 Å². The molecule has 12 nitrogen and oxygen atoms in total. The third kappa shape index (κ3) is 6.68. The fourth-order valence-corrected chi connectivity index (χ4v) is 1.69. The van der Waals surface area contributed by atoms with E-state index in [2.05, 4.69) is 0 Å². The van der Waals surface area contributed by atoms with Gasteiger partial charge in [-0.2, -0.15) is 0 Å². The average Bonchev–Trinajstić information content (AvgIpc) is 2.47. The number of hydrogen-bond acceptors (Lipinski definition) is 9. The van der Waals surface area contributed by atoms with Crippen molar-refractivity contribution < 1.29 is 25.0 Å². The molecule has 0 atom stereocenters. The van der Waals surface area contributed by atoms with E-state index in [1.165, 1.54) is 0 Å². The first-order valence-corrected chi connectivity index (χ1v) is 6.84. The lowest BCUT2D eigenvalue weighted by Crippen LogP contribution is -2.23. The second kappa shape index (κ2) is 10.3. The Morgan fingerprint density at radius 3 is 1.79 bits per heavy atom. The van der Waals surface area contributed by atoms with Crippen molar-refractivity contribution in [1.82, 2.24) is 4.90 Å². The van der Waals surface area contributed by atoms with Crippen LogP contribution in [0.4, 0.5) is 17.1 Å². The van der Waals surface area contributed by atoms with Gasteiger partial charge in [-0.25, -0.2) is 0 Å². The molecule has 0 radical (unpaired) electrons. The molecule has 0 aliphatic rings. The summed E-state index contributed by atoms with van der Waals surface area (Å²) in [5, 5.41) is 48.6. The summed E-state index contributed by atoms with van der Waals surface area (Å²) in [6, 6.07) is 0.894. The number of rotatable bonds is 7. The summed E-state index contributed by atoms with van der Waals surface area (Å²) in [7, 11) is 1.93. The molecule has 2 N–H and O–H groups in total. The van der Waals surface area contributed by atoms with Gasteiger partial charge in [0.05, 0.1) is 33.5 Å². The van der Waals surface area contributed by atoms with Crippen LogP contribution < -0.4 is 0 Å². The first-order valence-electron chi connectivity index (χ1n) is 6.31. The Labute approximate surface area is 140 Å². The highest BCUT2D eigenvalue weighted by Crippen LogP contribution is 2.38. The molecule has 13 heteroatoms. The Hall–Kier alpha value is -2.57. The summed E-state index contributed by atoms with van der Waals surface area (Å²) in [5.41, 5.74) is -3.00. The molecule has 0 spiro atoms. The maximum Gasteiger partial charge on any atom is 0.324 e. The highest BCUT2D eigenvalue weighted by molar-refractivity contribution is 6.18. The predicted octanol–water partition coefficient (Wildman–Crippen LogP) is 1.27. The molecular weight excluding hydrogens is 352 g/mol. The van der Waals surface area contributed by atoms with Crippen LogP contribution in [-0.2, 0) is 0 Å². The molecule has 1 rings (SSSR count). The van der Waals surface area contributed by atoms with Gasteiger partial charge in [-0.3, -0.25) is 30.3 Å². The molecule has 0 unspecified atom stereocenters. The predicted molar refractivity (Wildman–Crippen MR) is 83.4 cm³/mol. The van der Waals surface area contributed by atoms with Gasteiger partial charge in [-0.1, -0.05) is 0 Å². The minimum absolute atomic E-state index is 0.216. The van der Waals surface area contributed by atoms with Gasteiger partial charge in [0, 0.05) is 19.0 Å². The number of nitro groups is 3. The zero-order chi connectivity index (χ0) is 18.9. The molecular formula is C11H15ClN4O8. The number of aliphatic hydroxyl groups excluding tert-OH is 1. The highest BCUT2D eigenvalue weighted by atomic mass is 35.5. The lowest BCUT2D eigenvalue weighted by atomic mass is 10.2. The van der Waals surface area contributed by atoms with Crippen molar-refractivity contribution >= 4 is 28.7 Å². The van der Waals surface area contributed by atoms with E-state index < -0.39 is 37.6 Å². The third-order valence-corrected chi connectivity index (χ3v) is 2.78. The summed E-state index contributed by atoms with van der Waals surface area (Å²) < 4.78 is 0. The van der Waals surface area contributed by atoms with Crippen LogP contribution in [-0.4, -0.2) is 62.5 Å². The fourth-order valence-electron chi connectivity index (χ4n) is 1.40. The molecule has 0 bridgehead atoms. The van der Waals surface area contributed by atoms with E-state index in [0.29, 0.717) is 24.6 Å². The monoisotopic (exact) mass is 366 g/mol. The number of non-ortho nitro benzene ring substituents is 1. The summed E-state index contributed by atoms with van der Waals surface area (Å²) >= 11 is 5.41. The number of hydrogen-bond donors (Lipinski definition) is 2. The Kier molecular flexibility index (Phi) is 9.15. The summed E-state index contributed by atoms with van der Waals surface area (Å²) in [5.74, 6) is -0.572. The van der Waals surface area contributed by atoms with Crippen molar-refractivity contribution in [2.24, 2.45) is 0 Å². The van der Waals surface area contributed by atoms with Gasteiger partial charge in [0.15, 0.2) is 0 Å². The Balaban J connectivity index is 0.000000561. The maximum atomic E-state index is 10.4. The van der Waals surface area contributed by atoms with Gasteiger partial charge < -0.3 is 15.1 Å². The molecule has 0 heterocycles. The number of aromatic hydroxyl groups is 1. The van der Waals surface area contributed by atoms with E-state index in [1.807, 2.05) is 11.9 Å². The van der Waals surface area contributed by atoms with Crippen LogP contribution in [0.15, 0.2) is 12.1 Å². The topological polar surface area (TPSA) is 173 Å². The summed E-state index contributed by atoms with van der Waals surface area (Å²) in [6.07, 6.45) is 0. The van der Waals surface area contributed by atoms with Gasteiger partial charge in [-0.05, 0) is 7.05 Å². The number of phenols is 1. The number of benzene rings is 1. The summed E-state index contributed by atoms with van der Waals surface area (Å²) in [4.78, 5) is 29.7. The normalized spacial score (nSPS) is 10.0. The minimum Gasteiger partial charge on any atom is -0.497 e. The van der Waals surface area contributed by atoms with Gasteiger partial charge in [-0.15, -0.1) is 11.6 Å². The lowest BCUT2D eigenvalue weighted by Gasteiger charge is -2.11. The first kappa shape index (κ1) is 21.4. The van der Waals surface area contributed by atoms with Crippen molar-refractivity contribution in [2.75, 3.05) is 32.6 Å². The van der Waals surface area contributed by atoms with Crippen LogP contribution in [0.25, 0.3) is 0 Å². The third-order valence-electron chi connectivity index (χ3n) is 2.61. The van der Waals surface area contributed by atoms with Gasteiger partial charge >= 0.3 is 11.4 Å². The molecule has 134 valence electrons. The molecule has 0 aromatic heterocycles. The van der Waals surface area contributed by atoms with E-state index >= 15 is 0 Å². The number of alkyl halides is 1. The molecule has 0 saturated carbocycles. The summed E-state index contributed by atoms with van der Waals surface area (Å²) in [6.45, 7) is 1.78. The zero-order valence-electron chi connectivity index (χ0n) is 12.5.